The van der Waals surface area contributed by atoms with E-state index in [1.807, 2.05) is 76.9 Å². The lowest BCUT2D eigenvalue weighted by Gasteiger charge is -2.41. The molecule has 1 N–H and O–H groups in total. The highest BCUT2D eigenvalue weighted by atomic mass is 32.1. The zero-order valence-electron chi connectivity index (χ0n) is 35.7. The van der Waals surface area contributed by atoms with Crippen LogP contribution in [-0.4, -0.2) is 102 Å². The summed E-state index contributed by atoms with van der Waals surface area (Å²) in [5.74, 6) is -1.14. The molecule has 11 heteroatoms. The van der Waals surface area contributed by atoms with Crippen LogP contribution >= 0.6 is 11.3 Å². The number of ether oxygens (including phenoxy) is 2. The fourth-order valence-corrected chi connectivity index (χ4v) is 9.22. The third kappa shape index (κ3) is 12.5. The zero-order chi connectivity index (χ0) is 41.0. The summed E-state index contributed by atoms with van der Waals surface area (Å²) < 4.78 is 12.2. The Bertz CT molecular complexity index is 1500. The number of Topliss-reactive ketones (excluding diaryl/α,β-unsaturated/α-hetero) is 2. The Balaban J connectivity index is 1.78. The number of rotatable bonds is 23. The molecule has 8 atom stereocenters. The molecule has 2 amide bonds. The molecule has 1 fully saturated rings. The van der Waals surface area contributed by atoms with E-state index >= 15 is 0 Å². The second-order valence-corrected chi connectivity index (χ2v) is 17.8. The predicted octanol–water partition coefficient (Wildman–Crippen LogP) is 7.36. The number of hydrogen-bond acceptors (Lipinski definition) is 9. The normalized spacial score (nSPS) is 18.8. The molecular formula is C44H70N4O6S. The van der Waals surface area contributed by atoms with Gasteiger partial charge >= 0.3 is 0 Å². The maximum atomic E-state index is 14.3. The molecule has 0 saturated carbocycles. The van der Waals surface area contributed by atoms with Crippen molar-refractivity contribution in [2.75, 3.05) is 27.8 Å². The number of carbonyl (C=O) groups excluding carboxylic acids is 4. The minimum Gasteiger partial charge on any atom is -0.379 e. The second-order valence-electron chi connectivity index (χ2n) is 16.9. The molecule has 55 heavy (non-hydrogen) atoms. The van der Waals surface area contributed by atoms with E-state index in [0.717, 1.165) is 29.8 Å². The van der Waals surface area contributed by atoms with Crippen molar-refractivity contribution in [3.05, 3.63) is 52.5 Å². The van der Waals surface area contributed by atoms with Crippen LogP contribution in [0.25, 0.3) is 0 Å². The highest BCUT2D eigenvalue weighted by Gasteiger charge is 2.43. The highest BCUT2D eigenvalue weighted by Crippen LogP contribution is 2.33. The van der Waals surface area contributed by atoms with Crippen LogP contribution in [0, 0.1) is 23.7 Å². The third-order valence-electron chi connectivity index (χ3n) is 11.8. The van der Waals surface area contributed by atoms with Crippen LogP contribution < -0.4 is 5.32 Å². The summed E-state index contributed by atoms with van der Waals surface area (Å²) in [6, 6.07) is 9.65. The second kappa shape index (κ2) is 21.5. The number of methoxy groups -OCH3 is 2. The predicted molar refractivity (Wildman–Crippen MR) is 221 cm³/mol. The Hall–Kier alpha value is -2.99. The molecule has 1 saturated heterocycles. The largest absolute Gasteiger partial charge is 0.379 e. The summed E-state index contributed by atoms with van der Waals surface area (Å²) in [5, 5.41) is 6.23. The number of hydrogen-bond donors (Lipinski definition) is 1. The standard InChI is InChI=1S/C44H70N4O6S/c1-13-30(6)40(47(10)43(52)34(28(2)3)26-38(50)44(8,9)46-29(4)5)37(53-11)27-39(51)48-22-17-20-35(48)41(54-12)31(7)36(49)25-33(42-45-21-23-55-42)24-32-18-15-14-16-19-32/h14-16,18-19,21,23,28-31,33-35,37,40-41,46H,13,17,20,22,24-27H2,1-12H3/t30-,31-,33+,34-,35-,37+,40?,41+/m0/s1. The fourth-order valence-electron chi connectivity index (χ4n) is 8.48. The van der Waals surface area contributed by atoms with Crippen LogP contribution in [0.1, 0.15) is 117 Å². The number of benzene rings is 1. The van der Waals surface area contributed by atoms with Gasteiger partial charge in [0.2, 0.25) is 11.8 Å². The van der Waals surface area contributed by atoms with Gasteiger partial charge in [0, 0.05) is 76.0 Å². The Morgan fingerprint density at radius 3 is 2.22 bits per heavy atom. The Morgan fingerprint density at radius 2 is 1.67 bits per heavy atom. The molecule has 1 aliphatic heterocycles. The topological polar surface area (TPSA) is 118 Å². The van der Waals surface area contributed by atoms with E-state index in [2.05, 4.69) is 36.3 Å². The van der Waals surface area contributed by atoms with Crippen molar-refractivity contribution < 1.29 is 28.7 Å². The van der Waals surface area contributed by atoms with E-state index in [4.69, 9.17) is 9.47 Å². The molecule has 0 bridgehead atoms. The van der Waals surface area contributed by atoms with Crippen molar-refractivity contribution in [1.82, 2.24) is 20.1 Å². The summed E-state index contributed by atoms with van der Waals surface area (Å²) in [5.41, 5.74) is 0.392. The van der Waals surface area contributed by atoms with Gasteiger partial charge in [-0.15, -0.1) is 11.3 Å². The molecule has 1 aromatic carbocycles. The molecule has 10 nitrogen and oxygen atoms in total. The van der Waals surface area contributed by atoms with Gasteiger partial charge in [0.1, 0.15) is 5.78 Å². The van der Waals surface area contributed by atoms with Gasteiger partial charge in [0.25, 0.3) is 0 Å². The average Bonchev–Trinajstić information content (AvgIpc) is 3.86. The van der Waals surface area contributed by atoms with Gasteiger partial charge in [-0.05, 0) is 64.4 Å². The molecule has 1 aliphatic rings. The van der Waals surface area contributed by atoms with E-state index in [9.17, 15) is 19.2 Å². The minimum atomic E-state index is -0.767. The van der Waals surface area contributed by atoms with Crippen molar-refractivity contribution >= 4 is 34.7 Å². The summed E-state index contributed by atoms with van der Waals surface area (Å²) in [6.45, 7) is 18.4. The van der Waals surface area contributed by atoms with E-state index < -0.39 is 35.6 Å². The van der Waals surface area contributed by atoms with E-state index in [0.29, 0.717) is 19.4 Å². The monoisotopic (exact) mass is 783 g/mol. The Kier molecular flexibility index (Phi) is 18.1. The van der Waals surface area contributed by atoms with Gasteiger partial charge in [-0.25, -0.2) is 4.98 Å². The molecular weight excluding hydrogens is 713 g/mol. The molecule has 1 unspecified atom stereocenters. The summed E-state index contributed by atoms with van der Waals surface area (Å²) in [4.78, 5) is 64.4. The van der Waals surface area contributed by atoms with Gasteiger partial charge in [-0.2, -0.15) is 0 Å². The minimum absolute atomic E-state index is 0.00408. The fraction of sp³-hybridized carbons (Fsp3) is 0.705. The molecule has 1 aromatic heterocycles. The van der Waals surface area contributed by atoms with E-state index in [-0.39, 0.29) is 66.1 Å². The molecule has 2 aromatic rings. The average molecular weight is 783 g/mol. The molecule has 0 radical (unpaired) electrons. The number of carbonyl (C=O) groups is 4. The number of likely N-dealkylation sites (N-methyl/N-ethyl adjacent to an activating group) is 1. The van der Waals surface area contributed by atoms with Gasteiger partial charge in [0.15, 0.2) is 5.78 Å². The molecule has 0 aliphatic carbocycles. The lowest BCUT2D eigenvalue weighted by atomic mass is 9.82. The van der Waals surface area contributed by atoms with Gasteiger partial charge in [-0.3, -0.25) is 19.2 Å². The number of amides is 2. The number of aromatic nitrogens is 1. The van der Waals surface area contributed by atoms with Crippen molar-refractivity contribution in [2.45, 2.75) is 149 Å². The maximum absolute atomic E-state index is 14.3. The van der Waals surface area contributed by atoms with Crippen LogP contribution in [0.4, 0.5) is 0 Å². The van der Waals surface area contributed by atoms with Gasteiger partial charge < -0.3 is 24.6 Å². The Labute approximate surface area is 335 Å². The lowest BCUT2D eigenvalue weighted by Crippen LogP contribution is -2.55. The van der Waals surface area contributed by atoms with Crippen LogP contribution in [0.3, 0.4) is 0 Å². The highest BCUT2D eigenvalue weighted by molar-refractivity contribution is 7.09. The first-order valence-corrected chi connectivity index (χ1v) is 21.2. The first-order chi connectivity index (χ1) is 26.0. The number of nitrogens with one attached hydrogen (secondary N) is 1. The smallest absolute Gasteiger partial charge is 0.226 e. The quantitative estimate of drug-likeness (QED) is 0.124. The summed E-state index contributed by atoms with van der Waals surface area (Å²) >= 11 is 1.57. The van der Waals surface area contributed by atoms with Gasteiger partial charge in [0.05, 0.1) is 41.3 Å². The summed E-state index contributed by atoms with van der Waals surface area (Å²) in [6.07, 6.45) is 4.32. The van der Waals surface area contributed by atoms with Crippen molar-refractivity contribution in [3.63, 3.8) is 0 Å². The SMILES string of the molecule is CC[C@H](C)C([C@@H](CC(=O)N1CCC[C@H]1[C@H](OC)[C@@H](C)C(=O)C[C@@H](Cc1ccccc1)c1nccs1)OC)N(C)C(=O)[C@@H](CC(=O)C(C)(C)NC(C)C)C(C)C. The van der Waals surface area contributed by atoms with Gasteiger partial charge in [-0.1, -0.05) is 71.4 Å². The van der Waals surface area contributed by atoms with Crippen molar-refractivity contribution in [1.29, 1.82) is 0 Å². The van der Waals surface area contributed by atoms with E-state index in [1.165, 1.54) is 0 Å². The van der Waals surface area contributed by atoms with E-state index in [1.54, 1.807) is 43.7 Å². The van der Waals surface area contributed by atoms with Crippen molar-refractivity contribution in [3.8, 4) is 0 Å². The van der Waals surface area contributed by atoms with Crippen LogP contribution in [0.15, 0.2) is 41.9 Å². The number of nitrogens with zero attached hydrogens (tertiary/aromatic N) is 3. The third-order valence-corrected chi connectivity index (χ3v) is 12.7. The lowest BCUT2D eigenvalue weighted by molar-refractivity contribution is -0.149. The first-order valence-electron chi connectivity index (χ1n) is 20.4. The number of ketones is 2. The molecule has 3 rings (SSSR count). The zero-order valence-corrected chi connectivity index (χ0v) is 36.5. The van der Waals surface area contributed by atoms with Crippen LogP contribution in [-0.2, 0) is 35.1 Å². The Morgan fingerprint density at radius 1 is 1.00 bits per heavy atom. The van der Waals surface area contributed by atoms with Crippen LogP contribution in [0.5, 0.6) is 0 Å². The molecule has 0 spiro atoms. The number of thiazole rings is 1. The number of likely N-dealkylation sites (tertiary alicyclic amines) is 1. The molecule has 308 valence electrons. The van der Waals surface area contributed by atoms with Crippen molar-refractivity contribution in [2.24, 2.45) is 23.7 Å². The van der Waals surface area contributed by atoms with Crippen LogP contribution in [0.2, 0.25) is 0 Å². The summed E-state index contributed by atoms with van der Waals surface area (Å²) in [7, 11) is 5.02. The maximum Gasteiger partial charge on any atom is 0.226 e. The molecule has 2 heterocycles. The first kappa shape index (κ1) is 46.4.